The molecule has 86 valence electrons. The van der Waals surface area contributed by atoms with Crippen LogP contribution in [0.2, 0.25) is 0 Å². The minimum absolute atomic E-state index is 0.0696. The lowest BCUT2D eigenvalue weighted by atomic mass is 10.2. The van der Waals surface area contributed by atoms with Crippen molar-refractivity contribution in [2.45, 2.75) is 6.04 Å². The maximum absolute atomic E-state index is 5.55. The molecule has 2 rings (SSSR count). The van der Waals surface area contributed by atoms with Crippen molar-refractivity contribution in [1.29, 1.82) is 0 Å². The average Bonchev–Trinajstić information content (AvgIpc) is 2.89. The number of nitrogens with one attached hydrogen (secondary N) is 1. The van der Waals surface area contributed by atoms with Gasteiger partial charge < -0.3 is 14.5 Å². The molecule has 0 saturated carbocycles. The van der Waals surface area contributed by atoms with Gasteiger partial charge in [0.2, 0.25) is 0 Å². The Bertz CT molecular complexity index is 466. The fraction of sp³-hybridized carbons (Fsp3) is 0.273. The lowest BCUT2D eigenvalue weighted by molar-refractivity contribution is 0.415. The van der Waals surface area contributed by atoms with Gasteiger partial charge >= 0.3 is 0 Å². The first kappa shape index (κ1) is 11.7. The number of thiophene rings is 1. The molecule has 2 heterocycles. The summed E-state index contributed by atoms with van der Waals surface area (Å²) in [6.45, 7) is 0. The van der Waals surface area contributed by atoms with E-state index in [0.717, 1.165) is 16.2 Å². The monoisotopic (exact) mass is 301 g/mol. The van der Waals surface area contributed by atoms with E-state index >= 15 is 0 Å². The zero-order valence-corrected chi connectivity index (χ0v) is 11.4. The van der Waals surface area contributed by atoms with Gasteiger partial charge in [0, 0.05) is 10.3 Å². The second kappa shape index (κ2) is 5.03. The van der Waals surface area contributed by atoms with Crippen molar-refractivity contribution >= 4 is 27.3 Å². The molecule has 0 aliphatic carbocycles. The van der Waals surface area contributed by atoms with E-state index in [1.165, 1.54) is 4.88 Å². The molecule has 0 bridgehead atoms. The molecule has 1 N–H and O–H groups in total. The predicted molar refractivity (Wildman–Crippen MR) is 68.2 cm³/mol. The number of rotatable bonds is 4. The minimum atomic E-state index is 0.0696. The molecule has 0 fully saturated rings. The Morgan fingerprint density at radius 2 is 2.31 bits per heavy atom. The number of halogens is 1. The van der Waals surface area contributed by atoms with Crippen molar-refractivity contribution in [3.05, 3.63) is 38.9 Å². The largest absolute Gasteiger partial charge is 0.496 e. The predicted octanol–water partition coefficient (Wildman–Crippen LogP) is 3.42. The molecule has 1 atom stereocenters. The molecule has 0 aliphatic rings. The van der Waals surface area contributed by atoms with Crippen LogP contribution in [-0.2, 0) is 0 Å². The highest BCUT2D eigenvalue weighted by molar-refractivity contribution is 9.10. The summed E-state index contributed by atoms with van der Waals surface area (Å²) in [5, 5.41) is 5.21. The van der Waals surface area contributed by atoms with Gasteiger partial charge in [-0.1, -0.05) is 0 Å². The molecular formula is C11H12BrNO2S. The van der Waals surface area contributed by atoms with Crippen LogP contribution in [0.3, 0.4) is 0 Å². The van der Waals surface area contributed by atoms with Crippen LogP contribution < -0.4 is 10.1 Å². The Morgan fingerprint density at radius 1 is 1.50 bits per heavy atom. The van der Waals surface area contributed by atoms with Crippen molar-refractivity contribution in [2.24, 2.45) is 0 Å². The van der Waals surface area contributed by atoms with Crippen molar-refractivity contribution in [1.82, 2.24) is 5.32 Å². The van der Waals surface area contributed by atoms with Crippen LogP contribution in [-0.4, -0.2) is 14.2 Å². The van der Waals surface area contributed by atoms with E-state index in [1.54, 1.807) is 18.4 Å². The molecule has 2 aromatic heterocycles. The summed E-state index contributed by atoms with van der Waals surface area (Å²) in [5.41, 5.74) is 0. The SMILES string of the molecule is CNC(c1ccc(Br)o1)c1cc(OC)cs1. The molecule has 5 heteroatoms. The Labute approximate surface area is 107 Å². The molecular weight excluding hydrogens is 290 g/mol. The van der Waals surface area contributed by atoms with Gasteiger partial charge in [-0.2, -0.15) is 0 Å². The molecule has 2 aromatic rings. The minimum Gasteiger partial charge on any atom is -0.496 e. The van der Waals surface area contributed by atoms with Crippen LogP contribution >= 0.6 is 27.3 Å². The van der Waals surface area contributed by atoms with E-state index in [2.05, 4.69) is 21.2 Å². The lowest BCUT2D eigenvalue weighted by Gasteiger charge is -2.10. The summed E-state index contributed by atoms with van der Waals surface area (Å²) in [6.07, 6.45) is 0. The third kappa shape index (κ3) is 2.31. The van der Waals surface area contributed by atoms with Gasteiger partial charge in [-0.3, -0.25) is 0 Å². The molecule has 0 aromatic carbocycles. The number of furan rings is 1. The average molecular weight is 302 g/mol. The Morgan fingerprint density at radius 3 is 2.81 bits per heavy atom. The van der Waals surface area contributed by atoms with Gasteiger partial charge in [0.25, 0.3) is 0 Å². The fourth-order valence-electron chi connectivity index (χ4n) is 1.50. The molecule has 16 heavy (non-hydrogen) atoms. The molecule has 0 amide bonds. The van der Waals surface area contributed by atoms with Crippen LogP contribution in [0.4, 0.5) is 0 Å². The first-order valence-corrected chi connectivity index (χ1v) is 6.46. The summed E-state index contributed by atoms with van der Waals surface area (Å²) < 4.78 is 11.5. The van der Waals surface area contributed by atoms with E-state index in [1.807, 2.05) is 30.6 Å². The molecule has 0 spiro atoms. The Kier molecular flexibility index (Phi) is 3.68. The zero-order chi connectivity index (χ0) is 11.5. The highest BCUT2D eigenvalue weighted by Crippen LogP contribution is 2.32. The summed E-state index contributed by atoms with van der Waals surface area (Å²) in [6, 6.07) is 5.93. The second-order valence-electron chi connectivity index (χ2n) is 3.25. The van der Waals surface area contributed by atoms with Crippen LogP contribution in [0.15, 0.2) is 32.7 Å². The van der Waals surface area contributed by atoms with Gasteiger partial charge in [0.05, 0.1) is 7.11 Å². The normalized spacial score (nSPS) is 12.7. The van der Waals surface area contributed by atoms with Crippen molar-refractivity contribution in [3.63, 3.8) is 0 Å². The first-order chi connectivity index (χ1) is 7.74. The van der Waals surface area contributed by atoms with E-state index in [-0.39, 0.29) is 6.04 Å². The third-order valence-electron chi connectivity index (χ3n) is 2.28. The van der Waals surface area contributed by atoms with Gasteiger partial charge in [-0.15, -0.1) is 11.3 Å². The van der Waals surface area contributed by atoms with Gasteiger partial charge in [-0.05, 0) is 41.2 Å². The van der Waals surface area contributed by atoms with Gasteiger partial charge in [0.1, 0.15) is 17.6 Å². The van der Waals surface area contributed by atoms with Crippen LogP contribution in [0.25, 0.3) is 0 Å². The van der Waals surface area contributed by atoms with Crippen molar-refractivity contribution in [2.75, 3.05) is 14.2 Å². The smallest absolute Gasteiger partial charge is 0.169 e. The lowest BCUT2D eigenvalue weighted by Crippen LogP contribution is -2.15. The summed E-state index contributed by atoms with van der Waals surface area (Å²) in [5.74, 6) is 1.77. The summed E-state index contributed by atoms with van der Waals surface area (Å²) >= 11 is 4.95. The molecule has 3 nitrogen and oxygen atoms in total. The standard InChI is InChI=1S/C11H12BrNO2S/c1-13-11(8-3-4-10(12)15-8)9-5-7(14-2)6-16-9/h3-6,11,13H,1-2H3. The van der Waals surface area contributed by atoms with Crippen LogP contribution in [0.1, 0.15) is 16.7 Å². The molecule has 0 aliphatic heterocycles. The van der Waals surface area contributed by atoms with Gasteiger partial charge in [0.15, 0.2) is 4.67 Å². The Hall–Kier alpha value is -0.780. The fourth-order valence-corrected chi connectivity index (χ4v) is 2.79. The summed E-state index contributed by atoms with van der Waals surface area (Å²) in [7, 11) is 3.58. The number of methoxy groups -OCH3 is 1. The molecule has 1 unspecified atom stereocenters. The van der Waals surface area contributed by atoms with E-state index in [4.69, 9.17) is 9.15 Å². The van der Waals surface area contributed by atoms with Crippen molar-refractivity contribution in [3.8, 4) is 5.75 Å². The number of hydrogen-bond acceptors (Lipinski definition) is 4. The quantitative estimate of drug-likeness (QED) is 0.939. The highest BCUT2D eigenvalue weighted by atomic mass is 79.9. The highest BCUT2D eigenvalue weighted by Gasteiger charge is 2.17. The first-order valence-electron chi connectivity index (χ1n) is 4.79. The number of hydrogen-bond donors (Lipinski definition) is 1. The Balaban J connectivity index is 2.28. The molecule has 0 radical (unpaired) electrons. The summed E-state index contributed by atoms with van der Waals surface area (Å²) in [4.78, 5) is 1.17. The van der Waals surface area contributed by atoms with Crippen molar-refractivity contribution < 1.29 is 9.15 Å². The zero-order valence-electron chi connectivity index (χ0n) is 8.99. The van der Waals surface area contributed by atoms with Crippen LogP contribution in [0, 0.1) is 0 Å². The van der Waals surface area contributed by atoms with Crippen LogP contribution in [0.5, 0.6) is 5.75 Å². The number of ether oxygens (including phenoxy) is 1. The van der Waals surface area contributed by atoms with E-state index in [0.29, 0.717) is 0 Å². The van der Waals surface area contributed by atoms with E-state index < -0.39 is 0 Å². The topological polar surface area (TPSA) is 34.4 Å². The molecule has 0 saturated heterocycles. The maximum Gasteiger partial charge on any atom is 0.169 e. The van der Waals surface area contributed by atoms with E-state index in [9.17, 15) is 0 Å². The third-order valence-corrected chi connectivity index (χ3v) is 3.69. The maximum atomic E-state index is 5.55. The van der Waals surface area contributed by atoms with Gasteiger partial charge in [-0.25, -0.2) is 0 Å². The second-order valence-corrected chi connectivity index (χ2v) is 4.98.